The predicted octanol–water partition coefficient (Wildman–Crippen LogP) is 1.48. The summed E-state index contributed by atoms with van der Waals surface area (Å²) in [4.78, 5) is 0.385. The van der Waals surface area contributed by atoms with Crippen molar-refractivity contribution >= 4 is 27.2 Å². The number of rotatable bonds is 5. The van der Waals surface area contributed by atoms with Gasteiger partial charge in [0, 0.05) is 18.2 Å². The van der Waals surface area contributed by atoms with Crippen LogP contribution in [0.4, 0.5) is 0 Å². The quantitative estimate of drug-likeness (QED) is 0.800. The van der Waals surface area contributed by atoms with Crippen LogP contribution < -0.4 is 10.5 Å². The average molecular weight is 328 g/mol. The molecule has 0 amide bonds. The second kappa shape index (κ2) is 6.39. The van der Waals surface area contributed by atoms with E-state index in [-0.39, 0.29) is 22.0 Å². The SMILES string of the molecule is Cc1ccc(C(N)=S)cc1S(=O)(=O)NC(C)C1CCCO1. The molecule has 5 nitrogen and oxygen atoms in total. The van der Waals surface area contributed by atoms with E-state index in [0.717, 1.165) is 12.8 Å². The first-order chi connectivity index (χ1) is 9.81. The molecule has 21 heavy (non-hydrogen) atoms. The summed E-state index contributed by atoms with van der Waals surface area (Å²) in [6.07, 6.45) is 1.77. The fourth-order valence-electron chi connectivity index (χ4n) is 2.42. The third-order valence-corrected chi connectivity index (χ3v) is 5.56. The Labute approximate surface area is 130 Å². The van der Waals surface area contributed by atoms with Crippen LogP contribution in [-0.2, 0) is 14.8 Å². The summed E-state index contributed by atoms with van der Waals surface area (Å²) in [5.74, 6) is 0. The molecule has 1 aromatic carbocycles. The smallest absolute Gasteiger partial charge is 0.241 e. The van der Waals surface area contributed by atoms with Gasteiger partial charge in [-0.2, -0.15) is 0 Å². The molecule has 1 aromatic rings. The molecule has 2 unspecified atom stereocenters. The highest BCUT2D eigenvalue weighted by molar-refractivity contribution is 7.89. The van der Waals surface area contributed by atoms with Gasteiger partial charge in [-0.3, -0.25) is 0 Å². The molecule has 0 radical (unpaired) electrons. The molecular formula is C14H20N2O3S2. The van der Waals surface area contributed by atoms with Crippen LogP contribution in [0.3, 0.4) is 0 Å². The second-order valence-electron chi connectivity index (χ2n) is 5.31. The van der Waals surface area contributed by atoms with Crippen molar-refractivity contribution in [2.24, 2.45) is 5.73 Å². The minimum atomic E-state index is -3.63. The van der Waals surface area contributed by atoms with Crippen molar-refractivity contribution in [2.45, 2.75) is 43.7 Å². The van der Waals surface area contributed by atoms with Crippen molar-refractivity contribution in [3.05, 3.63) is 29.3 Å². The maximum absolute atomic E-state index is 12.5. The van der Waals surface area contributed by atoms with E-state index >= 15 is 0 Å². The van der Waals surface area contributed by atoms with Gasteiger partial charge in [-0.05, 0) is 38.3 Å². The van der Waals surface area contributed by atoms with Gasteiger partial charge in [0.1, 0.15) is 4.99 Å². The fourth-order valence-corrected chi connectivity index (χ4v) is 4.09. The number of nitrogens with two attached hydrogens (primary N) is 1. The molecule has 116 valence electrons. The van der Waals surface area contributed by atoms with Gasteiger partial charge in [-0.25, -0.2) is 13.1 Å². The van der Waals surface area contributed by atoms with E-state index in [0.29, 0.717) is 17.7 Å². The number of aryl methyl sites for hydroxylation is 1. The van der Waals surface area contributed by atoms with Crippen LogP contribution in [0.2, 0.25) is 0 Å². The number of hydrogen-bond donors (Lipinski definition) is 2. The number of thiocarbonyl (C=S) groups is 1. The second-order valence-corrected chi connectivity index (χ2v) is 7.43. The normalized spacial score (nSPS) is 20.4. The Bertz CT molecular complexity index is 638. The molecule has 1 fully saturated rings. The zero-order valence-electron chi connectivity index (χ0n) is 12.1. The standard InChI is InChI=1S/C14H20N2O3S2/c1-9-5-6-11(14(15)20)8-13(9)21(17,18)16-10(2)12-4-3-7-19-12/h5-6,8,10,12,16H,3-4,7H2,1-2H3,(H2,15,20). The lowest BCUT2D eigenvalue weighted by molar-refractivity contribution is 0.0902. The number of hydrogen-bond acceptors (Lipinski definition) is 4. The third kappa shape index (κ3) is 3.79. The molecule has 2 rings (SSSR count). The Morgan fingerprint density at radius 3 is 2.81 bits per heavy atom. The van der Waals surface area contributed by atoms with E-state index in [2.05, 4.69) is 4.72 Å². The molecule has 1 heterocycles. The van der Waals surface area contributed by atoms with Gasteiger partial charge in [-0.15, -0.1) is 0 Å². The molecule has 0 saturated carbocycles. The summed E-state index contributed by atoms with van der Waals surface area (Å²) in [7, 11) is -3.63. The van der Waals surface area contributed by atoms with Gasteiger partial charge in [0.15, 0.2) is 0 Å². The van der Waals surface area contributed by atoms with Gasteiger partial charge >= 0.3 is 0 Å². The largest absolute Gasteiger partial charge is 0.389 e. The van der Waals surface area contributed by atoms with Crippen LogP contribution >= 0.6 is 12.2 Å². The Morgan fingerprint density at radius 1 is 1.52 bits per heavy atom. The van der Waals surface area contributed by atoms with Crippen LogP contribution in [0.25, 0.3) is 0 Å². The topological polar surface area (TPSA) is 81.4 Å². The molecule has 0 aromatic heterocycles. The molecule has 0 aliphatic carbocycles. The summed E-state index contributed by atoms with van der Waals surface area (Å²) < 4.78 is 33.3. The predicted molar refractivity (Wildman–Crippen MR) is 85.8 cm³/mol. The van der Waals surface area contributed by atoms with Crippen LogP contribution in [0.15, 0.2) is 23.1 Å². The summed E-state index contributed by atoms with van der Waals surface area (Å²) in [6.45, 7) is 4.25. The minimum Gasteiger partial charge on any atom is -0.389 e. The van der Waals surface area contributed by atoms with Crippen molar-refractivity contribution in [2.75, 3.05) is 6.61 Å². The van der Waals surface area contributed by atoms with E-state index in [4.69, 9.17) is 22.7 Å². The lowest BCUT2D eigenvalue weighted by Gasteiger charge is -2.20. The number of ether oxygens (including phenoxy) is 1. The molecule has 2 atom stereocenters. The highest BCUT2D eigenvalue weighted by atomic mass is 32.2. The van der Waals surface area contributed by atoms with E-state index in [1.165, 1.54) is 6.07 Å². The van der Waals surface area contributed by atoms with Crippen molar-refractivity contribution in [1.29, 1.82) is 0 Å². The molecular weight excluding hydrogens is 308 g/mol. The molecule has 3 N–H and O–H groups in total. The lowest BCUT2D eigenvalue weighted by atomic mass is 10.1. The van der Waals surface area contributed by atoms with Gasteiger partial charge < -0.3 is 10.5 Å². The molecule has 1 aliphatic rings. The first kappa shape index (κ1) is 16.4. The van der Waals surface area contributed by atoms with Crippen LogP contribution in [-0.4, -0.2) is 32.2 Å². The van der Waals surface area contributed by atoms with Crippen molar-refractivity contribution in [3.63, 3.8) is 0 Å². The maximum atomic E-state index is 12.5. The Kier molecular flexibility index (Phi) is 4.98. The first-order valence-electron chi connectivity index (χ1n) is 6.85. The van der Waals surface area contributed by atoms with E-state index in [9.17, 15) is 8.42 Å². The Hall–Kier alpha value is -1.02. The third-order valence-electron chi connectivity index (χ3n) is 3.63. The van der Waals surface area contributed by atoms with E-state index in [1.54, 1.807) is 19.1 Å². The van der Waals surface area contributed by atoms with E-state index < -0.39 is 10.0 Å². The van der Waals surface area contributed by atoms with E-state index in [1.807, 2.05) is 6.92 Å². The molecule has 1 aliphatic heterocycles. The van der Waals surface area contributed by atoms with Gasteiger partial charge in [0.25, 0.3) is 0 Å². The zero-order valence-corrected chi connectivity index (χ0v) is 13.8. The molecule has 0 bridgehead atoms. The molecule has 7 heteroatoms. The lowest BCUT2D eigenvalue weighted by Crippen LogP contribution is -2.41. The first-order valence-corrected chi connectivity index (χ1v) is 8.75. The van der Waals surface area contributed by atoms with Gasteiger partial charge in [-0.1, -0.05) is 24.4 Å². The monoisotopic (exact) mass is 328 g/mol. The van der Waals surface area contributed by atoms with Crippen LogP contribution in [0, 0.1) is 6.92 Å². The minimum absolute atomic E-state index is 0.0705. The van der Waals surface area contributed by atoms with Gasteiger partial charge in [0.2, 0.25) is 10.0 Å². The summed E-state index contributed by atoms with van der Waals surface area (Å²) in [6, 6.07) is 4.67. The highest BCUT2D eigenvalue weighted by Gasteiger charge is 2.27. The van der Waals surface area contributed by atoms with Crippen molar-refractivity contribution in [1.82, 2.24) is 4.72 Å². The Morgan fingerprint density at radius 2 is 2.24 bits per heavy atom. The van der Waals surface area contributed by atoms with Crippen LogP contribution in [0.5, 0.6) is 0 Å². The Balaban J connectivity index is 2.26. The number of sulfonamides is 1. The van der Waals surface area contributed by atoms with Crippen molar-refractivity contribution < 1.29 is 13.2 Å². The summed E-state index contributed by atoms with van der Waals surface area (Å²) in [5, 5.41) is 0. The number of nitrogens with one attached hydrogen (secondary N) is 1. The number of benzene rings is 1. The highest BCUT2D eigenvalue weighted by Crippen LogP contribution is 2.20. The fraction of sp³-hybridized carbons (Fsp3) is 0.500. The van der Waals surface area contributed by atoms with Crippen LogP contribution in [0.1, 0.15) is 30.9 Å². The summed E-state index contributed by atoms with van der Waals surface area (Å²) >= 11 is 4.91. The zero-order chi connectivity index (χ0) is 15.6. The molecule has 0 spiro atoms. The van der Waals surface area contributed by atoms with Gasteiger partial charge in [0.05, 0.1) is 11.0 Å². The summed E-state index contributed by atoms with van der Waals surface area (Å²) in [5.41, 5.74) is 6.77. The van der Waals surface area contributed by atoms with Crippen molar-refractivity contribution in [3.8, 4) is 0 Å². The average Bonchev–Trinajstić information content (AvgIpc) is 2.92. The maximum Gasteiger partial charge on any atom is 0.241 e. The molecule has 1 saturated heterocycles.